The van der Waals surface area contributed by atoms with Crippen LogP contribution >= 0.6 is 0 Å². The van der Waals surface area contributed by atoms with Crippen molar-refractivity contribution in [2.24, 2.45) is 5.92 Å². The van der Waals surface area contributed by atoms with E-state index in [4.69, 9.17) is 4.74 Å². The van der Waals surface area contributed by atoms with Gasteiger partial charge in [0.2, 0.25) is 5.91 Å². The quantitative estimate of drug-likeness (QED) is 0.491. The highest BCUT2D eigenvalue weighted by Gasteiger charge is 2.50. The zero-order chi connectivity index (χ0) is 13.3. The molecule has 0 aromatic rings. The van der Waals surface area contributed by atoms with Crippen LogP contribution < -0.4 is 0 Å². The molecule has 100 valence electrons. The minimum Gasteiger partial charge on any atom is -0.443 e. The summed E-state index contributed by atoms with van der Waals surface area (Å²) >= 11 is 0. The molecule has 4 nitrogen and oxygen atoms in total. The molecule has 2 aliphatic rings. The second kappa shape index (κ2) is 4.75. The van der Waals surface area contributed by atoms with E-state index in [1.807, 2.05) is 6.08 Å². The normalized spacial score (nSPS) is 27.9. The minimum atomic E-state index is -0.562. The van der Waals surface area contributed by atoms with Crippen LogP contribution in [0.15, 0.2) is 12.2 Å². The van der Waals surface area contributed by atoms with Crippen molar-refractivity contribution >= 4 is 12.0 Å². The molecule has 0 spiro atoms. The maximum Gasteiger partial charge on any atom is 0.417 e. The number of carbonyl (C=O) groups excluding carboxylic acids is 2. The average molecular weight is 251 g/mol. The fraction of sp³-hybridized carbons (Fsp3) is 0.714. The van der Waals surface area contributed by atoms with Crippen LogP contribution in [-0.4, -0.2) is 28.5 Å². The van der Waals surface area contributed by atoms with Crippen LogP contribution in [0.5, 0.6) is 0 Å². The van der Waals surface area contributed by atoms with E-state index >= 15 is 0 Å². The van der Waals surface area contributed by atoms with Crippen LogP contribution in [0.4, 0.5) is 4.79 Å². The molecule has 2 rings (SSSR count). The van der Waals surface area contributed by atoms with E-state index in [1.165, 1.54) is 4.90 Å². The summed E-state index contributed by atoms with van der Waals surface area (Å²) in [6.45, 7) is 5.42. The van der Waals surface area contributed by atoms with E-state index in [9.17, 15) is 9.59 Å². The van der Waals surface area contributed by atoms with E-state index in [1.54, 1.807) is 20.8 Å². The Morgan fingerprint density at radius 3 is 2.78 bits per heavy atom. The topological polar surface area (TPSA) is 46.6 Å². The maximum absolute atomic E-state index is 12.0. The lowest BCUT2D eigenvalue weighted by Crippen LogP contribution is -2.63. The number of nitrogens with zero attached hydrogens (tertiary/aromatic N) is 1. The molecule has 0 N–H and O–H groups in total. The predicted octanol–water partition coefficient (Wildman–Crippen LogP) is 2.88. The van der Waals surface area contributed by atoms with Crippen LogP contribution in [0.3, 0.4) is 0 Å². The van der Waals surface area contributed by atoms with Gasteiger partial charge in [-0.05, 0) is 40.0 Å². The average Bonchev–Trinajstić information content (AvgIpc) is 2.19. The molecule has 0 unspecified atom stereocenters. The number of fused-ring (bicyclic) bond motifs is 1. The van der Waals surface area contributed by atoms with E-state index in [2.05, 4.69) is 6.08 Å². The van der Waals surface area contributed by atoms with Crippen molar-refractivity contribution < 1.29 is 14.3 Å². The van der Waals surface area contributed by atoms with Gasteiger partial charge in [0.1, 0.15) is 5.60 Å². The zero-order valence-electron chi connectivity index (χ0n) is 11.3. The number of rotatable bonds is 0. The third-order valence-electron chi connectivity index (χ3n) is 3.32. The molecule has 0 bridgehead atoms. The van der Waals surface area contributed by atoms with Gasteiger partial charge in [0.05, 0.1) is 12.0 Å². The number of imide groups is 1. The van der Waals surface area contributed by atoms with Gasteiger partial charge >= 0.3 is 6.09 Å². The highest BCUT2D eigenvalue weighted by atomic mass is 16.6. The van der Waals surface area contributed by atoms with Gasteiger partial charge in [-0.2, -0.15) is 0 Å². The van der Waals surface area contributed by atoms with Crippen molar-refractivity contribution in [2.45, 2.75) is 58.1 Å². The Labute approximate surface area is 108 Å². The molecule has 0 aromatic carbocycles. The fourth-order valence-corrected chi connectivity index (χ4v) is 2.47. The summed E-state index contributed by atoms with van der Waals surface area (Å²) in [6.07, 6.45) is 7.63. The molecule has 1 heterocycles. The highest BCUT2D eigenvalue weighted by Crippen LogP contribution is 2.34. The molecule has 4 heteroatoms. The third-order valence-corrected chi connectivity index (χ3v) is 3.32. The molecule has 1 aliphatic carbocycles. The summed E-state index contributed by atoms with van der Waals surface area (Å²) in [7, 11) is 0. The molecular formula is C14H21NO3. The van der Waals surface area contributed by atoms with E-state index in [0.29, 0.717) is 0 Å². The number of likely N-dealkylation sites (tertiary alicyclic amines) is 1. The summed E-state index contributed by atoms with van der Waals surface area (Å²) < 4.78 is 5.27. The second-order valence-electron chi connectivity index (χ2n) is 6.00. The van der Waals surface area contributed by atoms with Crippen molar-refractivity contribution in [1.29, 1.82) is 0 Å². The first kappa shape index (κ1) is 13.1. The predicted molar refractivity (Wildman–Crippen MR) is 68.0 cm³/mol. The van der Waals surface area contributed by atoms with E-state index in [0.717, 1.165) is 25.7 Å². The summed E-state index contributed by atoms with van der Waals surface area (Å²) in [5, 5.41) is 0. The number of amides is 2. The number of β-lactam (4-membered cyclic amide) rings is 1. The Hall–Kier alpha value is -1.32. The fourth-order valence-electron chi connectivity index (χ4n) is 2.47. The Morgan fingerprint density at radius 1 is 1.39 bits per heavy atom. The lowest BCUT2D eigenvalue weighted by molar-refractivity contribution is -0.151. The van der Waals surface area contributed by atoms with Gasteiger partial charge in [-0.25, -0.2) is 9.69 Å². The second-order valence-corrected chi connectivity index (χ2v) is 6.00. The van der Waals surface area contributed by atoms with Gasteiger partial charge in [0, 0.05) is 0 Å². The highest BCUT2D eigenvalue weighted by molar-refractivity contribution is 6.00. The first-order valence-corrected chi connectivity index (χ1v) is 6.63. The van der Waals surface area contributed by atoms with Crippen LogP contribution in [0, 0.1) is 5.92 Å². The zero-order valence-corrected chi connectivity index (χ0v) is 11.3. The molecule has 2 amide bonds. The van der Waals surface area contributed by atoms with Gasteiger partial charge in [0.25, 0.3) is 0 Å². The van der Waals surface area contributed by atoms with Gasteiger partial charge in [-0.15, -0.1) is 0 Å². The molecule has 0 aromatic heterocycles. The molecule has 0 radical (unpaired) electrons. The molecular weight excluding hydrogens is 230 g/mol. The van der Waals surface area contributed by atoms with Crippen LogP contribution in [0.1, 0.15) is 46.5 Å². The van der Waals surface area contributed by atoms with Crippen molar-refractivity contribution in [2.75, 3.05) is 0 Å². The number of hydrogen-bond acceptors (Lipinski definition) is 3. The lowest BCUT2D eigenvalue weighted by atomic mass is 9.81. The van der Waals surface area contributed by atoms with E-state index in [-0.39, 0.29) is 17.9 Å². The van der Waals surface area contributed by atoms with Crippen LogP contribution in [0.25, 0.3) is 0 Å². The molecule has 1 aliphatic heterocycles. The van der Waals surface area contributed by atoms with Gasteiger partial charge in [0.15, 0.2) is 0 Å². The number of allylic oxidation sites excluding steroid dienone is 1. The molecule has 1 fully saturated rings. The number of carbonyl (C=O) groups is 2. The Balaban J connectivity index is 2.07. The molecule has 0 saturated carbocycles. The Bertz CT molecular complexity index is 381. The summed E-state index contributed by atoms with van der Waals surface area (Å²) in [5.74, 6) is -0.102. The standard InChI is InChI=1S/C14H21NO3/c1-14(2,3)18-13(17)15-11-9-7-5-4-6-8-10(11)12(15)16/h7,9-11H,4-6,8H2,1-3H3/t10-,11+/m0/s1. The monoisotopic (exact) mass is 251 g/mol. The lowest BCUT2D eigenvalue weighted by Gasteiger charge is -2.44. The maximum atomic E-state index is 12.0. The largest absolute Gasteiger partial charge is 0.443 e. The molecule has 2 atom stereocenters. The third kappa shape index (κ3) is 2.57. The van der Waals surface area contributed by atoms with E-state index < -0.39 is 11.7 Å². The smallest absolute Gasteiger partial charge is 0.417 e. The summed E-state index contributed by atoms with van der Waals surface area (Å²) in [5.41, 5.74) is -0.562. The minimum absolute atomic E-state index is 0.0194. The van der Waals surface area contributed by atoms with Gasteiger partial charge < -0.3 is 4.74 Å². The van der Waals surface area contributed by atoms with Crippen molar-refractivity contribution in [3.05, 3.63) is 12.2 Å². The van der Waals surface area contributed by atoms with Gasteiger partial charge in [-0.3, -0.25) is 4.79 Å². The summed E-state index contributed by atoms with van der Waals surface area (Å²) in [6, 6.07) is -0.0901. The molecule has 1 saturated heterocycles. The van der Waals surface area contributed by atoms with Gasteiger partial charge in [-0.1, -0.05) is 18.6 Å². The number of ether oxygens (including phenoxy) is 1. The van der Waals surface area contributed by atoms with Crippen LogP contribution in [-0.2, 0) is 9.53 Å². The Morgan fingerprint density at radius 2 is 2.11 bits per heavy atom. The summed E-state index contributed by atoms with van der Waals surface area (Å²) in [4.78, 5) is 25.2. The van der Waals surface area contributed by atoms with Crippen LogP contribution in [0.2, 0.25) is 0 Å². The van der Waals surface area contributed by atoms with Crippen molar-refractivity contribution in [3.8, 4) is 0 Å². The number of hydrogen-bond donors (Lipinski definition) is 0. The Kier molecular flexibility index (Phi) is 3.46. The van der Waals surface area contributed by atoms with Crippen molar-refractivity contribution in [1.82, 2.24) is 4.90 Å². The SMILES string of the molecule is CC(C)(C)OC(=O)N1C(=O)[C@H]2CCCCC=C[C@H]21. The van der Waals surface area contributed by atoms with Crippen molar-refractivity contribution in [3.63, 3.8) is 0 Å². The first-order valence-electron chi connectivity index (χ1n) is 6.63. The first-order chi connectivity index (χ1) is 8.40. The molecule has 18 heavy (non-hydrogen) atoms.